The van der Waals surface area contributed by atoms with Crippen LogP contribution in [0.4, 0.5) is 0 Å². The van der Waals surface area contributed by atoms with E-state index in [1.165, 1.54) is 40.3 Å². The Hall–Kier alpha value is -0.823. The molecule has 2 atom stereocenters. The van der Waals surface area contributed by atoms with Gasteiger partial charge in [0.2, 0.25) is 0 Å². The molecule has 0 spiro atoms. The van der Waals surface area contributed by atoms with Crippen molar-refractivity contribution in [3.63, 3.8) is 0 Å². The predicted molar refractivity (Wildman–Crippen MR) is 64.8 cm³/mol. The molecule has 0 saturated heterocycles. The molecule has 0 N–H and O–H groups in total. The van der Waals surface area contributed by atoms with E-state index in [-0.39, 0.29) is 0 Å². The summed E-state index contributed by atoms with van der Waals surface area (Å²) in [6.45, 7) is 0. The zero-order valence-electron chi connectivity index (χ0n) is 8.66. The third-order valence-electron chi connectivity index (χ3n) is 3.68. The second-order valence-electron chi connectivity index (χ2n) is 4.76. The minimum atomic E-state index is 0.892. The molecule has 2 aliphatic carbocycles. The van der Waals surface area contributed by atoms with E-state index in [0.29, 0.717) is 0 Å². The molecule has 2 unspecified atom stereocenters. The lowest BCUT2D eigenvalue weighted by atomic mass is 9.92. The highest BCUT2D eigenvalue weighted by molar-refractivity contribution is 6.32. The highest BCUT2D eigenvalue weighted by Gasteiger charge is 2.32. The average molecular weight is 200 g/mol. The summed E-state index contributed by atoms with van der Waals surface area (Å²) in [7, 11) is 1.17. The number of hydrogen-bond acceptors (Lipinski definition) is 0. The maximum absolute atomic E-state index is 2.53. The molecule has 72 valence electrons. The summed E-state index contributed by atoms with van der Waals surface area (Å²) < 4.78 is 0. The van der Waals surface area contributed by atoms with E-state index in [4.69, 9.17) is 0 Å². The molecule has 0 radical (unpaired) electrons. The minimum Gasteiger partial charge on any atom is -0.0773 e. The van der Waals surface area contributed by atoms with Crippen LogP contribution in [0.2, 0.25) is 0 Å². The summed E-state index contributed by atoms with van der Waals surface area (Å²) in [6.07, 6.45) is 6.84. The fraction of sp³-hybridized carbons (Fsp3) is 0.385. The minimum absolute atomic E-state index is 0.892. The molecule has 0 nitrogen and oxygen atoms in total. The van der Waals surface area contributed by atoms with Gasteiger partial charge in [-0.25, -0.2) is 0 Å². The molecular weight excluding hydrogens is 184 g/mol. The van der Waals surface area contributed by atoms with Crippen LogP contribution in [0.1, 0.15) is 24.8 Å². The van der Waals surface area contributed by atoms with Gasteiger partial charge in [0.1, 0.15) is 0 Å². The lowest BCUT2D eigenvalue weighted by Crippen LogP contribution is -2.04. The standard InChI is InChI=1S/C13H16Si/c14-12-3-1-2-10(8-12)13-7-9-4-5-11(13)6-9/h1-3,7-9,11H,4-6H2,14H3. The number of allylic oxidation sites excluding steroid dienone is 2. The largest absolute Gasteiger partial charge is 0.0773 e. The lowest BCUT2D eigenvalue weighted by Gasteiger charge is -2.13. The summed E-state index contributed by atoms with van der Waals surface area (Å²) in [6, 6.07) is 9.13. The van der Waals surface area contributed by atoms with E-state index in [2.05, 4.69) is 30.3 Å². The van der Waals surface area contributed by atoms with Crippen molar-refractivity contribution in [2.24, 2.45) is 11.8 Å². The molecule has 1 aromatic carbocycles. The Bertz CT molecular complexity index is 392. The second-order valence-corrected chi connectivity index (χ2v) is 5.92. The van der Waals surface area contributed by atoms with Gasteiger partial charge in [0, 0.05) is 10.2 Å². The van der Waals surface area contributed by atoms with Crippen molar-refractivity contribution in [2.45, 2.75) is 19.3 Å². The Kier molecular flexibility index (Phi) is 1.87. The monoisotopic (exact) mass is 200 g/mol. The smallest absolute Gasteiger partial charge is 0.0385 e. The third kappa shape index (κ3) is 1.27. The molecule has 2 aliphatic rings. The fourth-order valence-electron chi connectivity index (χ4n) is 3.00. The van der Waals surface area contributed by atoms with E-state index in [1.807, 2.05) is 0 Å². The van der Waals surface area contributed by atoms with Crippen LogP contribution in [-0.4, -0.2) is 10.2 Å². The Balaban J connectivity index is 2.00. The van der Waals surface area contributed by atoms with Crippen molar-refractivity contribution in [3.8, 4) is 0 Å². The van der Waals surface area contributed by atoms with Gasteiger partial charge in [-0.1, -0.05) is 35.5 Å². The molecule has 0 aromatic heterocycles. The van der Waals surface area contributed by atoms with Crippen LogP contribution in [-0.2, 0) is 0 Å². The van der Waals surface area contributed by atoms with Gasteiger partial charge in [-0.15, -0.1) is 0 Å². The summed E-state index contributed by atoms with van der Waals surface area (Å²) >= 11 is 0. The van der Waals surface area contributed by atoms with E-state index in [9.17, 15) is 0 Å². The number of hydrogen-bond donors (Lipinski definition) is 0. The summed E-state index contributed by atoms with van der Waals surface area (Å²) in [5.41, 5.74) is 3.16. The van der Waals surface area contributed by atoms with Crippen molar-refractivity contribution in [1.29, 1.82) is 0 Å². The van der Waals surface area contributed by atoms with Crippen LogP contribution < -0.4 is 5.19 Å². The zero-order valence-corrected chi connectivity index (χ0v) is 10.7. The van der Waals surface area contributed by atoms with Crippen LogP contribution in [0.5, 0.6) is 0 Å². The molecule has 1 heteroatoms. The van der Waals surface area contributed by atoms with Gasteiger partial charge < -0.3 is 0 Å². The van der Waals surface area contributed by atoms with Gasteiger partial charge in [0.25, 0.3) is 0 Å². The molecule has 0 amide bonds. The van der Waals surface area contributed by atoms with Crippen molar-refractivity contribution < 1.29 is 0 Å². The van der Waals surface area contributed by atoms with Crippen molar-refractivity contribution in [1.82, 2.24) is 0 Å². The summed E-state index contributed by atoms with van der Waals surface area (Å²) in [4.78, 5) is 0. The maximum Gasteiger partial charge on any atom is 0.0385 e. The van der Waals surface area contributed by atoms with Crippen LogP contribution in [0.25, 0.3) is 5.57 Å². The number of rotatable bonds is 1. The first-order valence-electron chi connectivity index (χ1n) is 5.62. The zero-order chi connectivity index (χ0) is 9.54. The van der Waals surface area contributed by atoms with E-state index >= 15 is 0 Å². The SMILES string of the molecule is [SiH3]c1cccc(C2=CC3CCC2C3)c1. The topological polar surface area (TPSA) is 0 Å². The molecule has 1 fully saturated rings. The highest BCUT2D eigenvalue weighted by atomic mass is 28.1. The first-order chi connectivity index (χ1) is 6.83. The van der Waals surface area contributed by atoms with Crippen molar-refractivity contribution in [2.75, 3.05) is 0 Å². The molecule has 14 heavy (non-hydrogen) atoms. The van der Waals surface area contributed by atoms with Gasteiger partial charge in [-0.3, -0.25) is 0 Å². The molecule has 0 heterocycles. The molecule has 0 aliphatic heterocycles. The Labute approximate surface area is 88.5 Å². The van der Waals surface area contributed by atoms with Crippen molar-refractivity contribution in [3.05, 3.63) is 35.9 Å². The van der Waals surface area contributed by atoms with Crippen LogP contribution >= 0.6 is 0 Å². The normalized spacial score (nSPS) is 29.6. The third-order valence-corrected chi connectivity index (χ3v) is 4.30. The molecule has 2 bridgehead atoms. The first-order valence-corrected chi connectivity index (χ1v) is 6.62. The van der Waals surface area contributed by atoms with Crippen LogP contribution in [0.3, 0.4) is 0 Å². The Morgan fingerprint density at radius 1 is 1.21 bits per heavy atom. The average Bonchev–Trinajstić information content (AvgIpc) is 2.78. The van der Waals surface area contributed by atoms with Crippen LogP contribution in [0.15, 0.2) is 30.3 Å². The van der Waals surface area contributed by atoms with E-state index in [1.54, 1.807) is 5.57 Å². The van der Waals surface area contributed by atoms with Gasteiger partial charge in [0.05, 0.1) is 0 Å². The molecular formula is C13H16Si. The van der Waals surface area contributed by atoms with E-state index < -0.39 is 0 Å². The Morgan fingerprint density at radius 2 is 2.14 bits per heavy atom. The van der Waals surface area contributed by atoms with Crippen LogP contribution in [0, 0.1) is 11.8 Å². The van der Waals surface area contributed by atoms with Gasteiger partial charge in [-0.2, -0.15) is 0 Å². The Morgan fingerprint density at radius 3 is 2.79 bits per heavy atom. The van der Waals surface area contributed by atoms with Gasteiger partial charge in [-0.05, 0) is 42.2 Å². The lowest BCUT2D eigenvalue weighted by molar-refractivity contribution is 0.695. The molecule has 1 aromatic rings. The molecule has 1 saturated carbocycles. The maximum atomic E-state index is 2.53. The first kappa shape index (κ1) is 8.48. The summed E-state index contributed by atoms with van der Waals surface area (Å²) in [5, 5.41) is 1.52. The predicted octanol–water partition coefficient (Wildman–Crippen LogP) is 1.49. The van der Waals surface area contributed by atoms with E-state index in [0.717, 1.165) is 11.8 Å². The van der Waals surface area contributed by atoms with Gasteiger partial charge >= 0.3 is 0 Å². The number of fused-ring (bicyclic) bond motifs is 2. The molecule has 3 rings (SSSR count). The quantitative estimate of drug-likeness (QED) is 0.603. The fourth-order valence-corrected chi connectivity index (χ4v) is 3.50. The highest BCUT2D eigenvalue weighted by Crippen LogP contribution is 2.47. The second kappa shape index (κ2) is 3.09. The summed E-state index contributed by atoms with van der Waals surface area (Å²) in [5.74, 6) is 1.80. The van der Waals surface area contributed by atoms with Crippen molar-refractivity contribution >= 4 is 21.0 Å². The number of benzene rings is 1. The van der Waals surface area contributed by atoms with Gasteiger partial charge in [0.15, 0.2) is 0 Å².